The van der Waals surface area contributed by atoms with Gasteiger partial charge in [0, 0.05) is 49.8 Å². The molecule has 1 aliphatic heterocycles. The van der Waals surface area contributed by atoms with Crippen LogP contribution in [0.15, 0.2) is 47.5 Å². The summed E-state index contributed by atoms with van der Waals surface area (Å²) < 4.78 is 42.1. The Morgan fingerprint density at radius 2 is 1.95 bits per heavy atom. The summed E-state index contributed by atoms with van der Waals surface area (Å²) in [5.41, 5.74) is 1.11. The lowest BCUT2D eigenvalue weighted by Crippen LogP contribution is -2.47. The van der Waals surface area contributed by atoms with Gasteiger partial charge in [-0.1, -0.05) is 6.92 Å². The Balaban J connectivity index is 1.58. The van der Waals surface area contributed by atoms with Crippen molar-refractivity contribution in [3.05, 3.63) is 69.9 Å². The number of benzene rings is 1. The van der Waals surface area contributed by atoms with Gasteiger partial charge >= 0.3 is 6.18 Å². The Morgan fingerprint density at radius 3 is 2.59 bits per heavy atom. The number of alkyl halides is 3. The number of pyridine rings is 1. The minimum atomic E-state index is -4.48. The highest BCUT2D eigenvalue weighted by Crippen LogP contribution is 2.31. The lowest BCUT2D eigenvalue weighted by Gasteiger charge is -2.31. The van der Waals surface area contributed by atoms with Crippen LogP contribution in [0.2, 0.25) is 0 Å². The topological polar surface area (TPSA) is 109 Å². The summed E-state index contributed by atoms with van der Waals surface area (Å²) in [6, 6.07) is 6.66. The second-order valence-corrected chi connectivity index (χ2v) is 9.24. The van der Waals surface area contributed by atoms with Crippen molar-refractivity contribution >= 4 is 23.1 Å². The van der Waals surface area contributed by atoms with E-state index in [1.165, 1.54) is 17.5 Å². The summed E-state index contributed by atoms with van der Waals surface area (Å²) in [7, 11) is 0. The maximum absolute atomic E-state index is 13.7. The highest BCUT2D eigenvalue weighted by Gasteiger charge is 2.31. The number of aromatic nitrogens is 5. The highest BCUT2D eigenvalue weighted by molar-refractivity contribution is 5.91. The molecule has 1 aromatic carbocycles. The number of hydrogen-bond acceptors (Lipinski definition) is 7. The molecule has 1 aliphatic rings. The van der Waals surface area contributed by atoms with E-state index in [0.717, 1.165) is 12.1 Å². The second-order valence-electron chi connectivity index (χ2n) is 9.24. The van der Waals surface area contributed by atoms with E-state index >= 15 is 0 Å². The smallest absolute Gasteiger partial charge is 0.363 e. The number of nitrogens with one attached hydrogen (secondary N) is 2. The van der Waals surface area contributed by atoms with Crippen molar-refractivity contribution in [1.29, 1.82) is 0 Å². The molecule has 5 rings (SSSR count). The number of aryl methyl sites for hydroxylation is 1. The van der Waals surface area contributed by atoms with Crippen LogP contribution in [0.25, 0.3) is 17.2 Å². The first kappa shape index (κ1) is 26.4. The number of anilines is 2. The molecule has 204 valence electrons. The van der Waals surface area contributed by atoms with Crippen molar-refractivity contribution in [3.63, 3.8) is 0 Å². The van der Waals surface area contributed by atoms with E-state index in [2.05, 4.69) is 25.7 Å². The molecule has 2 N–H and O–H groups in total. The van der Waals surface area contributed by atoms with Gasteiger partial charge in [-0.15, -0.1) is 5.10 Å². The minimum Gasteiger partial charge on any atom is -0.363 e. The molecule has 1 fully saturated rings. The zero-order valence-electron chi connectivity index (χ0n) is 21.4. The lowest BCUT2D eigenvalue weighted by molar-refractivity contribution is -0.137. The van der Waals surface area contributed by atoms with Gasteiger partial charge in [-0.25, -0.2) is 0 Å². The number of piperazine rings is 1. The Bertz CT molecular complexity index is 1570. The van der Waals surface area contributed by atoms with Crippen LogP contribution in [0, 0.1) is 6.92 Å². The summed E-state index contributed by atoms with van der Waals surface area (Å²) in [4.78, 5) is 37.6. The number of carbonyl (C=O) groups is 1. The Hall–Kier alpha value is -4.26. The number of amides is 1. The van der Waals surface area contributed by atoms with Crippen LogP contribution in [-0.2, 0) is 23.9 Å². The van der Waals surface area contributed by atoms with E-state index < -0.39 is 17.6 Å². The molecule has 10 nitrogen and oxygen atoms in total. The van der Waals surface area contributed by atoms with Gasteiger partial charge in [-0.2, -0.15) is 22.7 Å². The van der Waals surface area contributed by atoms with Crippen LogP contribution in [0.5, 0.6) is 0 Å². The Labute approximate surface area is 221 Å². The molecule has 0 bridgehead atoms. The van der Waals surface area contributed by atoms with E-state index in [9.17, 15) is 22.8 Å². The highest BCUT2D eigenvalue weighted by atomic mass is 19.4. The lowest BCUT2D eigenvalue weighted by atomic mass is 10.1. The first-order chi connectivity index (χ1) is 18.7. The number of fused-ring (bicyclic) bond motifs is 1. The summed E-state index contributed by atoms with van der Waals surface area (Å²) in [6.45, 7) is 5.78. The third-order valence-electron chi connectivity index (χ3n) is 6.64. The molecule has 13 heteroatoms. The molecule has 4 aromatic rings. The second kappa shape index (κ2) is 10.5. The normalized spacial score (nSPS) is 14.1. The number of hydrogen-bond donors (Lipinski definition) is 2. The zero-order valence-corrected chi connectivity index (χ0v) is 21.4. The Kier molecular flexibility index (Phi) is 7.08. The predicted molar refractivity (Wildman–Crippen MR) is 140 cm³/mol. The van der Waals surface area contributed by atoms with Gasteiger partial charge in [-0.05, 0) is 49.2 Å². The van der Waals surface area contributed by atoms with E-state index in [0.29, 0.717) is 49.5 Å². The van der Waals surface area contributed by atoms with Gasteiger partial charge in [-0.3, -0.25) is 14.6 Å². The predicted octanol–water partition coefficient (Wildman–Crippen LogP) is 2.89. The van der Waals surface area contributed by atoms with E-state index in [4.69, 9.17) is 0 Å². The van der Waals surface area contributed by atoms with Crippen molar-refractivity contribution < 1.29 is 18.0 Å². The van der Waals surface area contributed by atoms with Gasteiger partial charge in [0.05, 0.1) is 11.3 Å². The van der Waals surface area contributed by atoms with Crippen molar-refractivity contribution in [3.8, 4) is 11.4 Å². The van der Waals surface area contributed by atoms with Crippen LogP contribution in [0.4, 0.5) is 24.5 Å². The third-order valence-corrected chi connectivity index (χ3v) is 6.64. The van der Waals surface area contributed by atoms with E-state index in [-0.39, 0.29) is 35.0 Å². The summed E-state index contributed by atoms with van der Waals surface area (Å²) in [5, 5.41) is 10.4. The molecule has 0 atom stereocenters. The van der Waals surface area contributed by atoms with Gasteiger partial charge in [0.1, 0.15) is 12.2 Å². The summed E-state index contributed by atoms with van der Waals surface area (Å²) >= 11 is 0. The van der Waals surface area contributed by atoms with Crippen LogP contribution in [0.3, 0.4) is 0 Å². The summed E-state index contributed by atoms with van der Waals surface area (Å²) in [6.07, 6.45) is -0.844. The van der Waals surface area contributed by atoms with Gasteiger partial charge in [0.15, 0.2) is 5.82 Å². The molecule has 0 aliphatic carbocycles. The van der Waals surface area contributed by atoms with Crippen LogP contribution in [-0.4, -0.2) is 56.2 Å². The first-order valence-corrected chi connectivity index (χ1v) is 12.5. The zero-order chi connectivity index (χ0) is 27.7. The average Bonchev–Trinajstić information content (AvgIpc) is 3.38. The molecule has 0 saturated carbocycles. The fourth-order valence-electron chi connectivity index (χ4n) is 4.75. The first-order valence-electron chi connectivity index (χ1n) is 12.5. The van der Waals surface area contributed by atoms with Gasteiger partial charge in [0.25, 0.3) is 5.56 Å². The fourth-order valence-corrected chi connectivity index (χ4v) is 4.75. The number of nitrogens with zero attached hydrogens (tertiary/aromatic N) is 6. The van der Waals surface area contributed by atoms with Gasteiger partial charge in [0.2, 0.25) is 11.7 Å². The SMILES string of the molecule is CCc1c(N2CCNCC2)c(=O)n2nc(-c3cccnc3)nc2n1CC(=O)Nc1ccc(C(F)(F)F)cc1C. The molecular formula is C26H27F3N8O2. The average molecular weight is 541 g/mol. The number of rotatable bonds is 6. The molecule has 39 heavy (non-hydrogen) atoms. The molecule has 4 heterocycles. The van der Waals surface area contributed by atoms with Crippen LogP contribution < -0.4 is 21.1 Å². The monoisotopic (exact) mass is 540 g/mol. The molecule has 0 spiro atoms. The molecule has 0 unspecified atom stereocenters. The summed E-state index contributed by atoms with van der Waals surface area (Å²) in [5.74, 6) is -0.00312. The van der Waals surface area contributed by atoms with E-state index in [1.54, 1.807) is 29.1 Å². The third kappa shape index (κ3) is 5.21. The van der Waals surface area contributed by atoms with Crippen molar-refractivity contribution in [1.82, 2.24) is 29.5 Å². The standard InChI is InChI=1S/C26H27F3N8O2/c1-3-20-22(35-11-9-30-10-12-35)24(39)37-25(33-23(34-37)17-5-4-8-31-14-17)36(20)15-21(38)32-19-7-6-18(13-16(19)2)26(27,28)29/h4-8,13-14,30H,3,9-12,15H2,1-2H3,(H,32,38). The number of carbonyl (C=O) groups excluding carboxylic acids is 1. The maximum atomic E-state index is 13.7. The molecule has 0 radical (unpaired) electrons. The quantitative estimate of drug-likeness (QED) is 0.387. The molecular weight excluding hydrogens is 513 g/mol. The van der Waals surface area contributed by atoms with Crippen LogP contribution in [0.1, 0.15) is 23.7 Å². The van der Waals surface area contributed by atoms with Crippen molar-refractivity contribution in [2.75, 3.05) is 36.4 Å². The van der Waals surface area contributed by atoms with Crippen molar-refractivity contribution in [2.24, 2.45) is 0 Å². The minimum absolute atomic E-state index is 0.189. The van der Waals surface area contributed by atoms with E-state index in [1.807, 2.05) is 11.8 Å². The molecule has 1 saturated heterocycles. The largest absolute Gasteiger partial charge is 0.416 e. The number of halogens is 3. The maximum Gasteiger partial charge on any atom is 0.416 e. The van der Waals surface area contributed by atoms with Crippen molar-refractivity contribution in [2.45, 2.75) is 33.0 Å². The molecule has 3 aromatic heterocycles. The van der Waals surface area contributed by atoms with Crippen LogP contribution >= 0.6 is 0 Å². The van der Waals surface area contributed by atoms with Gasteiger partial charge < -0.3 is 20.1 Å². The Morgan fingerprint density at radius 1 is 1.18 bits per heavy atom. The molecule has 1 amide bonds. The fraction of sp³-hybridized carbons (Fsp3) is 0.346.